The number of anilines is 2. The second-order valence-corrected chi connectivity index (χ2v) is 17.1. The van der Waals surface area contributed by atoms with Crippen molar-refractivity contribution in [3.05, 3.63) is 252 Å². The van der Waals surface area contributed by atoms with Crippen molar-refractivity contribution in [2.24, 2.45) is 9.98 Å². The lowest BCUT2D eigenvalue weighted by Crippen LogP contribution is -2.23. The molecular weight excluding hydrogens is 789 g/mol. The minimum atomic E-state index is -0.315. The third-order valence-electron chi connectivity index (χ3n) is 12.8. The maximum Gasteiger partial charge on any atom is 0.0717 e. The van der Waals surface area contributed by atoms with Crippen LogP contribution in [-0.2, 0) is 12.0 Å². The minimum absolute atomic E-state index is 0.315. The molecule has 0 aliphatic rings. The highest BCUT2D eigenvalue weighted by Crippen LogP contribution is 2.44. The Labute approximate surface area is 381 Å². The minimum Gasteiger partial charge on any atom is -0.344 e. The summed E-state index contributed by atoms with van der Waals surface area (Å²) in [5.74, 6) is 0. The first-order valence-electron chi connectivity index (χ1n) is 22.3. The first-order valence-corrected chi connectivity index (χ1v) is 22.3. The Balaban J connectivity index is 1.13. The molecule has 0 N–H and O–H groups in total. The highest BCUT2D eigenvalue weighted by atomic mass is 15.1. The quantitative estimate of drug-likeness (QED) is 0.113. The number of hydrogen-bond acceptors (Lipinski definition) is 3. The van der Waals surface area contributed by atoms with Crippen molar-refractivity contribution in [3.63, 3.8) is 0 Å². The fourth-order valence-corrected chi connectivity index (χ4v) is 9.40. The van der Waals surface area contributed by atoms with Crippen molar-refractivity contribution in [1.82, 2.24) is 4.57 Å². The van der Waals surface area contributed by atoms with E-state index in [9.17, 15) is 0 Å². The van der Waals surface area contributed by atoms with E-state index in [0.717, 1.165) is 61.6 Å². The molecule has 0 fully saturated rings. The van der Waals surface area contributed by atoms with Crippen LogP contribution in [0, 0.1) is 0 Å². The van der Waals surface area contributed by atoms with E-state index in [1.807, 2.05) is 24.3 Å². The van der Waals surface area contributed by atoms with Crippen LogP contribution in [0.15, 0.2) is 234 Å². The predicted molar refractivity (Wildman–Crippen MR) is 277 cm³/mol. The van der Waals surface area contributed by atoms with Gasteiger partial charge in [0, 0.05) is 51.4 Å². The van der Waals surface area contributed by atoms with Gasteiger partial charge in [-0.3, -0.25) is 9.98 Å². The van der Waals surface area contributed by atoms with E-state index in [4.69, 9.17) is 4.99 Å². The SMILES string of the molecule is C=N/C(=C\C(=NCc1ccccc1)c1ccccc1)c1cccc(-n2c3ccc4ccccc4c3c3cccc(-c4cccc(C(C)(C)c5ccccc5N(C)c5ccccc5)c4)c32)c1. The Hall–Kier alpha value is -8.08. The number of aromatic nitrogens is 1. The van der Waals surface area contributed by atoms with E-state index in [1.165, 1.54) is 38.4 Å². The second kappa shape index (κ2) is 17.6. The van der Waals surface area contributed by atoms with Crippen molar-refractivity contribution >= 4 is 62.1 Å². The van der Waals surface area contributed by atoms with E-state index in [0.29, 0.717) is 6.54 Å². The second-order valence-electron chi connectivity index (χ2n) is 17.1. The maximum absolute atomic E-state index is 5.12. The molecule has 1 aromatic heterocycles. The van der Waals surface area contributed by atoms with Crippen LogP contribution in [0.5, 0.6) is 0 Å². The van der Waals surface area contributed by atoms with Gasteiger partial charge in [-0.15, -0.1) is 0 Å². The van der Waals surface area contributed by atoms with Gasteiger partial charge in [-0.2, -0.15) is 0 Å². The highest BCUT2D eigenvalue weighted by Gasteiger charge is 2.28. The van der Waals surface area contributed by atoms with Gasteiger partial charge in [0.2, 0.25) is 0 Å². The number of hydrogen-bond donors (Lipinski definition) is 0. The standard InChI is InChI=1S/C61H50N4/c1-61(2,54-35-16-17-36-57(54)64(4)49-29-12-7-13-30-49)48-28-18-26-46(39-48)52-33-20-34-53-59-51-32-15-14-23-44(51)37-38-58(59)65(60(52)53)50-31-19-27-47(40-50)55(62-3)41-56(45-24-10-6-11-25-45)63-42-43-21-8-5-9-22-43/h5-41H,3,42H2,1-2,4H3/b55-41-,63-56?. The summed E-state index contributed by atoms with van der Waals surface area (Å²) in [7, 11) is 2.16. The molecule has 0 saturated carbocycles. The van der Waals surface area contributed by atoms with Crippen LogP contribution in [0.3, 0.4) is 0 Å². The Morgan fingerprint density at radius 3 is 2.08 bits per heavy atom. The first-order chi connectivity index (χ1) is 31.9. The van der Waals surface area contributed by atoms with Gasteiger partial charge in [0.05, 0.1) is 29.0 Å². The molecule has 0 atom stereocenters. The Kier molecular flexibility index (Phi) is 11.1. The number of nitrogens with zero attached hydrogens (tertiary/aromatic N) is 4. The van der Waals surface area contributed by atoms with Crippen LogP contribution in [0.4, 0.5) is 11.4 Å². The number of para-hydroxylation sites is 3. The van der Waals surface area contributed by atoms with Crippen LogP contribution < -0.4 is 4.90 Å². The lowest BCUT2D eigenvalue weighted by molar-refractivity contribution is 0.641. The van der Waals surface area contributed by atoms with Crippen LogP contribution in [0.25, 0.3) is 55.1 Å². The van der Waals surface area contributed by atoms with Crippen molar-refractivity contribution in [2.75, 3.05) is 11.9 Å². The van der Waals surface area contributed by atoms with Crippen molar-refractivity contribution in [3.8, 4) is 16.8 Å². The maximum atomic E-state index is 5.12. The van der Waals surface area contributed by atoms with Crippen molar-refractivity contribution in [2.45, 2.75) is 25.8 Å². The van der Waals surface area contributed by atoms with Crippen LogP contribution in [0.1, 0.15) is 41.7 Å². The molecule has 1 heterocycles. The summed E-state index contributed by atoms with van der Waals surface area (Å²) >= 11 is 0. The molecule has 314 valence electrons. The summed E-state index contributed by atoms with van der Waals surface area (Å²) in [6.45, 7) is 9.32. The number of fused-ring (bicyclic) bond motifs is 5. The number of aliphatic imine (C=N–C) groups is 2. The third-order valence-corrected chi connectivity index (χ3v) is 12.8. The van der Waals surface area contributed by atoms with Gasteiger partial charge in [-0.25, -0.2) is 0 Å². The summed E-state index contributed by atoms with van der Waals surface area (Å²) in [4.78, 5) is 12.1. The fraction of sp³-hybridized carbons (Fsp3) is 0.0820. The number of allylic oxidation sites excluding steroid dienone is 1. The predicted octanol–water partition coefficient (Wildman–Crippen LogP) is 15.4. The summed E-state index contributed by atoms with van der Waals surface area (Å²) in [6, 6.07) is 77.9. The molecule has 0 amide bonds. The molecule has 0 radical (unpaired) electrons. The lowest BCUT2D eigenvalue weighted by atomic mass is 9.76. The first kappa shape index (κ1) is 41.0. The summed E-state index contributed by atoms with van der Waals surface area (Å²) in [6.07, 6.45) is 2.07. The van der Waals surface area contributed by atoms with Gasteiger partial charge in [0.1, 0.15) is 0 Å². The summed E-state index contributed by atoms with van der Waals surface area (Å²) in [5, 5.41) is 4.88. The Morgan fingerprint density at radius 2 is 1.28 bits per heavy atom. The molecule has 0 spiro atoms. The molecule has 10 aromatic rings. The molecular formula is C61H50N4. The zero-order valence-electron chi connectivity index (χ0n) is 37.1. The van der Waals surface area contributed by atoms with Gasteiger partial charge in [0.15, 0.2) is 0 Å². The van der Waals surface area contributed by atoms with Crippen LogP contribution in [0.2, 0.25) is 0 Å². The average Bonchev–Trinajstić information content (AvgIpc) is 3.72. The Bertz CT molecular complexity index is 3400. The van der Waals surface area contributed by atoms with Gasteiger partial charge >= 0.3 is 0 Å². The molecule has 0 aliphatic carbocycles. The monoisotopic (exact) mass is 838 g/mol. The summed E-state index contributed by atoms with van der Waals surface area (Å²) in [5.41, 5.74) is 14.9. The molecule has 0 aliphatic heterocycles. The lowest BCUT2D eigenvalue weighted by Gasteiger charge is -2.32. The largest absolute Gasteiger partial charge is 0.344 e. The third kappa shape index (κ3) is 7.85. The normalized spacial score (nSPS) is 12.2. The molecule has 0 bridgehead atoms. The highest BCUT2D eigenvalue weighted by molar-refractivity contribution is 6.23. The van der Waals surface area contributed by atoms with Crippen LogP contribution in [-0.4, -0.2) is 24.0 Å². The van der Waals surface area contributed by atoms with E-state index < -0.39 is 0 Å². The molecule has 9 aromatic carbocycles. The van der Waals surface area contributed by atoms with E-state index in [1.54, 1.807) is 0 Å². The van der Waals surface area contributed by atoms with Crippen molar-refractivity contribution < 1.29 is 0 Å². The zero-order valence-corrected chi connectivity index (χ0v) is 37.1. The van der Waals surface area contributed by atoms with Gasteiger partial charge < -0.3 is 9.47 Å². The van der Waals surface area contributed by atoms with Gasteiger partial charge in [0.25, 0.3) is 0 Å². The van der Waals surface area contributed by atoms with E-state index in [-0.39, 0.29) is 5.41 Å². The molecule has 0 unspecified atom stereocenters. The fourth-order valence-electron chi connectivity index (χ4n) is 9.40. The average molecular weight is 839 g/mol. The number of benzene rings is 9. The zero-order chi connectivity index (χ0) is 44.3. The molecule has 4 heteroatoms. The van der Waals surface area contributed by atoms with Gasteiger partial charge in [-0.1, -0.05) is 196 Å². The van der Waals surface area contributed by atoms with E-state index >= 15 is 0 Å². The molecule has 0 saturated heterocycles. The molecule has 65 heavy (non-hydrogen) atoms. The number of rotatable bonds is 12. The molecule has 4 nitrogen and oxygen atoms in total. The van der Waals surface area contributed by atoms with Gasteiger partial charge in [-0.05, 0) is 87.8 Å². The van der Waals surface area contributed by atoms with E-state index in [2.05, 4.69) is 242 Å². The Morgan fingerprint density at radius 1 is 0.615 bits per heavy atom. The van der Waals surface area contributed by atoms with Crippen LogP contribution >= 0.6 is 0 Å². The topological polar surface area (TPSA) is 32.9 Å². The van der Waals surface area contributed by atoms with Crippen molar-refractivity contribution in [1.29, 1.82) is 0 Å². The summed E-state index contributed by atoms with van der Waals surface area (Å²) < 4.78 is 2.44. The molecule has 10 rings (SSSR count). The smallest absolute Gasteiger partial charge is 0.0717 e.